The minimum atomic E-state index is -4.66. The largest absolute Gasteiger partial charge is 0.481 e. The number of carboxylic acids is 1. The van der Waals surface area contributed by atoms with Crippen molar-refractivity contribution in [3.63, 3.8) is 0 Å². The number of urea groups is 1. The highest BCUT2D eigenvalue weighted by Gasteiger charge is 2.32. The summed E-state index contributed by atoms with van der Waals surface area (Å²) in [5.41, 5.74) is -1.74. The van der Waals surface area contributed by atoms with Gasteiger partial charge in [-0.15, -0.1) is 0 Å². The molecular formula is C13H13F3N2O5. The number of esters is 1. The quantitative estimate of drug-likeness (QED) is 0.715. The van der Waals surface area contributed by atoms with Gasteiger partial charge in [0.25, 0.3) is 0 Å². The zero-order valence-corrected chi connectivity index (χ0v) is 11.9. The van der Waals surface area contributed by atoms with E-state index in [9.17, 15) is 27.6 Å². The van der Waals surface area contributed by atoms with Gasteiger partial charge in [0, 0.05) is 6.54 Å². The van der Waals surface area contributed by atoms with Crippen molar-refractivity contribution < 1.29 is 37.4 Å². The van der Waals surface area contributed by atoms with Crippen LogP contribution in [0.4, 0.5) is 23.7 Å². The minimum absolute atomic E-state index is 0.228. The molecule has 0 unspecified atom stereocenters. The van der Waals surface area contributed by atoms with Crippen LogP contribution >= 0.6 is 0 Å². The number of nitrogens with one attached hydrogen (secondary N) is 2. The number of halogens is 3. The van der Waals surface area contributed by atoms with Crippen LogP contribution in [0.15, 0.2) is 18.2 Å². The Morgan fingerprint density at radius 1 is 1.26 bits per heavy atom. The van der Waals surface area contributed by atoms with E-state index in [1.807, 2.05) is 0 Å². The van der Waals surface area contributed by atoms with Gasteiger partial charge in [-0.2, -0.15) is 13.2 Å². The molecule has 0 aliphatic heterocycles. The van der Waals surface area contributed by atoms with Crippen molar-refractivity contribution in [1.82, 2.24) is 5.32 Å². The van der Waals surface area contributed by atoms with Crippen LogP contribution in [0, 0.1) is 0 Å². The standard InChI is InChI=1S/C13H13F3N2O5/c1-23-11(21)8-3-2-7(13(14,15)16)6-9(8)18-12(22)17-5-4-10(19)20/h2-3,6H,4-5H2,1H3,(H,19,20)(H2,17,18,22). The molecule has 0 aromatic heterocycles. The molecule has 1 aromatic carbocycles. The molecule has 0 radical (unpaired) electrons. The van der Waals surface area contributed by atoms with E-state index >= 15 is 0 Å². The first kappa shape index (κ1) is 18.3. The Morgan fingerprint density at radius 2 is 1.91 bits per heavy atom. The van der Waals surface area contributed by atoms with Crippen LogP contribution in [-0.4, -0.2) is 36.7 Å². The highest BCUT2D eigenvalue weighted by molar-refractivity contribution is 6.01. The van der Waals surface area contributed by atoms with Crippen molar-refractivity contribution in [3.05, 3.63) is 29.3 Å². The number of anilines is 1. The number of rotatable bonds is 5. The Kier molecular flexibility index (Phi) is 5.94. The topological polar surface area (TPSA) is 105 Å². The highest BCUT2D eigenvalue weighted by atomic mass is 19.4. The Labute approximate surface area is 128 Å². The second-order valence-corrected chi connectivity index (χ2v) is 4.27. The number of benzene rings is 1. The van der Waals surface area contributed by atoms with E-state index in [0.717, 1.165) is 13.2 Å². The molecule has 0 aliphatic rings. The number of ether oxygens (including phenoxy) is 1. The first-order valence-electron chi connectivity index (χ1n) is 6.21. The van der Waals surface area contributed by atoms with Crippen molar-refractivity contribution in [2.45, 2.75) is 12.6 Å². The summed E-state index contributed by atoms with van der Waals surface area (Å²) in [6.45, 7) is -0.228. The molecule has 0 spiro atoms. The van der Waals surface area contributed by atoms with Gasteiger partial charge in [-0.25, -0.2) is 9.59 Å². The van der Waals surface area contributed by atoms with E-state index in [0.29, 0.717) is 12.1 Å². The number of carbonyl (C=O) groups is 3. The lowest BCUT2D eigenvalue weighted by Gasteiger charge is -2.13. The number of hydrogen-bond donors (Lipinski definition) is 3. The zero-order valence-electron chi connectivity index (χ0n) is 11.9. The third kappa shape index (κ3) is 5.49. The first-order valence-corrected chi connectivity index (χ1v) is 6.21. The summed E-state index contributed by atoms with van der Waals surface area (Å²) in [6, 6.07) is 1.19. The predicted molar refractivity (Wildman–Crippen MR) is 72.1 cm³/mol. The van der Waals surface area contributed by atoms with Crippen LogP contribution in [0.5, 0.6) is 0 Å². The molecule has 126 valence electrons. The summed E-state index contributed by atoms with van der Waals surface area (Å²) in [5, 5.41) is 12.6. The molecule has 7 nitrogen and oxygen atoms in total. The Morgan fingerprint density at radius 3 is 2.43 bits per heavy atom. The summed E-state index contributed by atoms with van der Waals surface area (Å²) in [7, 11) is 1.04. The maximum atomic E-state index is 12.7. The molecule has 1 rings (SSSR count). The summed E-state index contributed by atoms with van der Waals surface area (Å²) in [4.78, 5) is 33.4. The lowest BCUT2D eigenvalue weighted by Crippen LogP contribution is -2.31. The van der Waals surface area contributed by atoms with Gasteiger partial charge in [-0.3, -0.25) is 4.79 Å². The highest BCUT2D eigenvalue weighted by Crippen LogP contribution is 2.32. The van der Waals surface area contributed by atoms with Crippen LogP contribution in [-0.2, 0) is 15.7 Å². The molecule has 0 saturated heterocycles. The predicted octanol–water partition coefficient (Wildman–Crippen LogP) is 2.09. The van der Waals surface area contributed by atoms with E-state index in [1.165, 1.54) is 0 Å². The number of carboxylic acid groups (broad SMARTS) is 1. The van der Waals surface area contributed by atoms with Gasteiger partial charge in [-0.05, 0) is 18.2 Å². The van der Waals surface area contributed by atoms with Gasteiger partial charge in [0.2, 0.25) is 0 Å². The molecule has 0 saturated carbocycles. The lowest BCUT2D eigenvalue weighted by atomic mass is 10.1. The maximum absolute atomic E-state index is 12.7. The number of aliphatic carboxylic acids is 1. The van der Waals surface area contributed by atoms with Gasteiger partial charge in [0.1, 0.15) is 0 Å². The van der Waals surface area contributed by atoms with E-state index in [-0.39, 0.29) is 18.5 Å². The van der Waals surface area contributed by atoms with Crippen LogP contribution < -0.4 is 10.6 Å². The second-order valence-electron chi connectivity index (χ2n) is 4.27. The van der Waals surface area contributed by atoms with Crippen molar-refractivity contribution >= 4 is 23.7 Å². The fourth-order valence-corrected chi connectivity index (χ4v) is 1.56. The van der Waals surface area contributed by atoms with Crippen LogP contribution in [0.1, 0.15) is 22.3 Å². The SMILES string of the molecule is COC(=O)c1ccc(C(F)(F)F)cc1NC(=O)NCCC(=O)O. The van der Waals surface area contributed by atoms with Gasteiger partial charge in [0.15, 0.2) is 0 Å². The Hall–Kier alpha value is -2.78. The second kappa shape index (κ2) is 7.47. The maximum Gasteiger partial charge on any atom is 0.416 e. The number of amides is 2. The van der Waals surface area contributed by atoms with E-state index in [1.54, 1.807) is 0 Å². The third-order valence-corrected chi connectivity index (χ3v) is 2.62. The van der Waals surface area contributed by atoms with Gasteiger partial charge >= 0.3 is 24.1 Å². The molecule has 1 aromatic rings. The zero-order chi connectivity index (χ0) is 17.6. The monoisotopic (exact) mass is 334 g/mol. The van der Waals surface area contributed by atoms with Crippen LogP contribution in [0.3, 0.4) is 0 Å². The fraction of sp³-hybridized carbons (Fsp3) is 0.308. The fourth-order valence-electron chi connectivity index (χ4n) is 1.56. The van der Waals surface area contributed by atoms with Crippen LogP contribution in [0.25, 0.3) is 0 Å². The van der Waals surface area contributed by atoms with E-state index in [2.05, 4.69) is 15.4 Å². The average Bonchev–Trinajstić information content (AvgIpc) is 2.45. The lowest BCUT2D eigenvalue weighted by molar-refractivity contribution is -0.138. The van der Waals surface area contributed by atoms with Crippen molar-refractivity contribution in [2.75, 3.05) is 19.0 Å². The summed E-state index contributed by atoms with van der Waals surface area (Å²) in [6.07, 6.45) is -5.02. The molecule has 0 aliphatic carbocycles. The molecule has 10 heteroatoms. The normalized spacial score (nSPS) is 10.8. The van der Waals surface area contributed by atoms with Gasteiger partial charge in [0.05, 0.1) is 30.3 Å². The van der Waals surface area contributed by atoms with Crippen LogP contribution in [0.2, 0.25) is 0 Å². The Balaban J connectivity index is 2.98. The molecule has 2 amide bonds. The van der Waals surface area contributed by atoms with Crippen molar-refractivity contribution in [1.29, 1.82) is 0 Å². The van der Waals surface area contributed by atoms with E-state index < -0.39 is 35.4 Å². The molecule has 3 N–H and O–H groups in total. The number of alkyl halides is 3. The smallest absolute Gasteiger partial charge is 0.416 e. The van der Waals surface area contributed by atoms with Crippen molar-refractivity contribution in [2.24, 2.45) is 0 Å². The molecule has 0 bridgehead atoms. The molecule has 23 heavy (non-hydrogen) atoms. The summed E-state index contributed by atoms with van der Waals surface area (Å²) in [5.74, 6) is -2.08. The summed E-state index contributed by atoms with van der Waals surface area (Å²) >= 11 is 0. The number of carbonyl (C=O) groups excluding carboxylic acids is 2. The Bertz CT molecular complexity index is 616. The number of hydrogen-bond acceptors (Lipinski definition) is 4. The van der Waals surface area contributed by atoms with Gasteiger partial charge < -0.3 is 20.5 Å². The first-order chi connectivity index (χ1) is 10.6. The molecule has 0 atom stereocenters. The molecule has 0 heterocycles. The third-order valence-electron chi connectivity index (χ3n) is 2.62. The minimum Gasteiger partial charge on any atom is -0.481 e. The molecule has 0 fully saturated rings. The van der Waals surface area contributed by atoms with Crippen molar-refractivity contribution in [3.8, 4) is 0 Å². The van der Waals surface area contributed by atoms with Gasteiger partial charge in [-0.1, -0.05) is 0 Å². The average molecular weight is 334 g/mol. The molecular weight excluding hydrogens is 321 g/mol. The van der Waals surface area contributed by atoms with E-state index in [4.69, 9.17) is 5.11 Å². The summed E-state index contributed by atoms with van der Waals surface area (Å²) < 4.78 is 42.5. The number of methoxy groups -OCH3 is 1.